The van der Waals surface area contributed by atoms with E-state index in [-0.39, 0.29) is 18.3 Å². The molecule has 2 aliphatic rings. The molecular formula is C68H65BBrN11O4. The van der Waals surface area contributed by atoms with Crippen LogP contribution in [0.2, 0.25) is 0 Å². The summed E-state index contributed by atoms with van der Waals surface area (Å²) in [5, 5.41) is 37.8. The Morgan fingerprint density at radius 1 is 0.541 bits per heavy atom. The highest BCUT2D eigenvalue weighted by Gasteiger charge is 2.51. The Morgan fingerprint density at radius 3 is 1.51 bits per heavy atom. The molecule has 15 nitrogen and oxygen atoms in total. The molecule has 85 heavy (non-hydrogen) atoms. The topological polar surface area (TPSA) is 195 Å². The SMILES string of the molecule is CC1(C)OB(c2cccc(CC#N)c2)OC1(C)C.CC1=NCc2ncc(-c3cccc(CC#N)c3)cc21.COc1ccc(Cn2nc(C)c3cc(-c4cccc(CC#N)c4)cnc32)cc1.COc1ccc(Cn2nc(C)c3cc(Br)cnc32)cc1. The molecule has 1 saturated heterocycles. The van der Waals surface area contributed by atoms with E-state index in [2.05, 4.69) is 77.5 Å². The van der Waals surface area contributed by atoms with E-state index in [1.54, 1.807) is 20.4 Å². The molecule has 2 aliphatic heterocycles. The number of aromatic nitrogens is 7. The second-order valence-corrected chi connectivity index (χ2v) is 22.6. The van der Waals surface area contributed by atoms with Crippen molar-refractivity contribution >= 4 is 56.3 Å². The van der Waals surface area contributed by atoms with Gasteiger partial charge in [0.05, 0.1) is 99.6 Å². The highest BCUT2D eigenvalue weighted by Crippen LogP contribution is 2.37. The standard InChI is InChI=1S/C23H20N4O.C16H13N3.C15H14BrN3O.C14H18BNO2/c1-16-22-13-20(19-5-3-4-17(12-19)10-11-24)14-25-23(22)27(26-16)15-18-6-8-21(28-2)9-7-18;1-11-15-8-14(9-19-16(15)10-18-11)13-4-2-3-12(7-13)5-6-17;1-10-14-7-12(16)8-17-15(14)19(18-10)9-11-3-5-13(20-2)6-4-11;1-13(2)14(3,4)18-15(17-13)12-7-5-6-11(10-12)8-9-16/h3-9,12-14H,10,15H2,1-2H3;2-4,7-9H,5,10H2,1H3;3-8H,9H2,1-2H3;5-7,10H,8H2,1-4H3. The Bertz CT molecular complexity index is 4160. The Balaban J connectivity index is 0.000000138. The molecule has 7 heterocycles. The Hall–Kier alpha value is -9.31. The van der Waals surface area contributed by atoms with E-state index in [0.717, 1.165) is 116 Å². The van der Waals surface area contributed by atoms with Gasteiger partial charge in [0.1, 0.15) is 11.5 Å². The molecule has 0 radical (unpaired) electrons. The summed E-state index contributed by atoms with van der Waals surface area (Å²) in [6.45, 7) is 16.2. The summed E-state index contributed by atoms with van der Waals surface area (Å²) in [7, 11) is 2.98. The number of methoxy groups -OCH3 is 2. The number of rotatable bonds is 12. The van der Waals surface area contributed by atoms with Gasteiger partial charge in [-0.1, -0.05) is 97.1 Å². The molecule has 1 fully saturated rings. The Kier molecular flexibility index (Phi) is 19.1. The van der Waals surface area contributed by atoms with Crippen LogP contribution < -0.4 is 14.9 Å². The summed E-state index contributed by atoms with van der Waals surface area (Å²) >= 11 is 3.45. The van der Waals surface area contributed by atoms with Crippen molar-refractivity contribution in [1.82, 2.24) is 34.5 Å². The van der Waals surface area contributed by atoms with Gasteiger partial charge in [-0.3, -0.25) is 9.98 Å². The van der Waals surface area contributed by atoms with Crippen molar-refractivity contribution in [3.63, 3.8) is 0 Å². The van der Waals surface area contributed by atoms with Crippen molar-refractivity contribution in [2.45, 2.75) is 98.6 Å². The van der Waals surface area contributed by atoms with Gasteiger partial charge in [0.2, 0.25) is 0 Å². The van der Waals surface area contributed by atoms with Crippen LogP contribution in [0.1, 0.15) is 85.1 Å². The van der Waals surface area contributed by atoms with E-state index < -0.39 is 0 Å². The largest absolute Gasteiger partial charge is 0.497 e. The van der Waals surface area contributed by atoms with Crippen LogP contribution in [0.5, 0.6) is 11.5 Å². The van der Waals surface area contributed by atoms with Crippen LogP contribution in [0, 0.1) is 47.8 Å². The monoisotopic (exact) mass is 1190 g/mol. The molecule has 5 aromatic heterocycles. The van der Waals surface area contributed by atoms with Crippen LogP contribution in [-0.2, 0) is 48.2 Å². The van der Waals surface area contributed by atoms with Crippen LogP contribution in [0.3, 0.4) is 0 Å². The number of aliphatic imine (C=N–C) groups is 1. The molecular weight excluding hydrogens is 1130 g/mol. The van der Waals surface area contributed by atoms with Gasteiger partial charge in [-0.15, -0.1) is 0 Å². The summed E-state index contributed by atoms with van der Waals surface area (Å²) < 4.78 is 27.2. The van der Waals surface area contributed by atoms with Crippen molar-refractivity contribution in [3.05, 3.63) is 213 Å². The number of nitrogens with zero attached hydrogens (tertiary/aromatic N) is 11. The molecule has 426 valence electrons. The number of nitriles is 3. The molecule has 0 amide bonds. The van der Waals surface area contributed by atoms with E-state index in [9.17, 15) is 0 Å². The molecule has 0 unspecified atom stereocenters. The normalized spacial score (nSPS) is 13.4. The Labute approximate surface area is 505 Å². The molecule has 0 spiro atoms. The van der Waals surface area contributed by atoms with Gasteiger partial charge >= 0.3 is 7.12 Å². The van der Waals surface area contributed by atoms with Crippen molar-refractivity contribution in [1.29, 1.82) is 15.8 Å². The molecule has 17 heteroatoms. The molecule has 0 bridgehead atoms. The maximum absolute atomic E-state index is 8.93. The number of halogens is 1. The number of hydrogen-bond donors (Lipinski definition) is 0. The maximum atomic E-state index is 8.93. The number of pyridine rings is 3. The summed E-state index contributed by atoms with van der Waals surface area (Å²) in [6.07, 6.45) is 6.81. The van der Waals surface area contributed by atoms with Crippen LogP contribution >= 0.6 is 15.9 Å². The van der Waals surface area contributed by atoms with Gasteiger partial charge in [-0.05, 0) is 151 Å². The van der Waals surface area contributed by atoms with Gasteiger partial charge in [-0.2, -0.15) is 26.0 Å². The minimum Gasteiger partial charge on any atom is -0.497 e. The zero-order valence-electron chi connectivity index (χ0n) is 49.3. The van der Waals surface area contributed by atoms with E-state index in [4.69, 9.17) is 39.6 Å². The number of hydrogen-bond acceptors (Lipinski definition) is 13. The first kappa shape index (κ1) is 60.3. The number of aryl methyl sites for hydroxylation is 2. The lowest BCUT2D eigenvalue weighted by atomic mass is 9.78. The Morgan fingerprint density at radius 2 is 1.00 bits per heavy atom. The molecule has 5 aromatic carbocycles. The predicted molar refractivity (Wildman–Crippen MR) is 338 cm³/mol. The quantitative estimate of drug-likeness (QED) is 0.105. The smallest absolute Gasteiger partial charge is 0.494 e. The van der Waals surface area contributed by atoms with Crippen molar-refractivity contribution in [2.75, 3.05) is 14.2 Å². The lowest BCUT2D eigenvalue weighted by molar-refractivity contribution is 0.00578. The first-order chi connectivity index (χ1) is 41.0. The van der Waals surface area contributed by atoms with E-state index >= 15 is 0 Å². The van der Waals surface area contributed by atoms with Crippen LogP contribution in [-0.4, -0.2) is 72.8 Å². The third-order valence-corrected chi connectivity index (χ3v) is 15.6. The first-order valence-corrected chi connectivity index (χ1v) is 28.6. The minimum atomic E-state index is -0.353. The van der Waals surface area contributed by atoms with Gasteiger partial charge in [0.25, 0.3) is 0 Å². The predicted octanol–water partition coefficient (Wildman–Crippen LogP) is 13.3. The molecule has 0 aliphatic carbocycles. The average molecular weight is 1190 g/mol. The minimum absolute atomic E-state index is 0.330. The van der Waals surface area contributed by atoms with E-state index in [0.29, 0.717) is 38.9 Å². The lowest BCUT2D eigenvalue weighted by Crippen LogP contribution is -2.41. The number of fused-ring (bicyclic) bond motifs is 3. The third kappa shape index (κ3) is 14.6. The fourth-order valence-corrected chi connectivity index (χ4v) is 10.1. The van der Waals surface area contributed by atoms with Crippen LogP contribution in [0.15, 0.2) is 168 Å². The molecule has 0 atom stereocenters. The summed E-state index contributed by atoms with van der Waals surface area (Å²) in [5.74, 6) is 1.70. The maximum Gasteiger partial charge on any atom is 0.494 e. The number of ether oxygens (including phenoxy) is 2. The highest BCUT2D eigenvalue weighted by atomic mass is 79.9. The van der Waals surface area contributed by atoms with Crippen molar-refractivity contribution in [2.24, 2.45) is 4.99 Å². The van der Waals surface area contributed by atoms with Crippen LogP contribution in [0.4, 0.5) is 0 Å². The first-order valence-electron chi connectivity index (χ1n) is 27.8. The molecule has 10 aromatic rings. The zero-order chi connectivity index (χ0) is 60.3. The zero-order valence-corrected chi connectivity index (χ0v) is 50.8. The lowest BCUT2D eigenvalue weighted by Gasteiger charge is -2.32. The number of benzene rings is 5. The molecule has 0 N–H and O–H groups in total. The van der Waals surface area contributed by atoms with Gasteiger partial charge in [0.15, 0.2) is 11.3 Å². The van der Waals surface area contributed by atoms with E-state index in [1.165, 1.54) is 5.56 Å². The highest BCUT2D eigenvalue weighted by molar-refractivity contribution is 9.10. The second-order valence-electron chi connectivity index (χ2n) is 21.7. The molecule has 0 saturated carbocycles. The third-order valence-electron chi connectivity index (χ3n) is 15.2. The molecule has 12 rings (SSSR count). The summed E-state index contributed by atoms with van der Waals surface area (Å²) in [4.78, 5) is 18.0. The fourth-order valence-electron chi connectivity index (χ4n) is 9.78. The van der Waals surface area contributed by atoms with Crippen molar-refractivity contribution < 1.29 is 18.8 Å². The van der Waals surface area contributed by atoms with Crippen molar-refractivity contribution in [3.8, 4) is 52.0 Å². The summed E-state index contributed by atoms with van der Waals surface area (Å²) in [6, 6.07) is 52.7. The average Bonchev–Trinajstić information content (AvgIpc) is 2.65. The van der Waals surface area contributed by atoms with Gasteiger partial charge in [-0.25, -0.2) is 19.3 Å². The second kappa shape index (κ2) is 26.9. The summed E-state index contributed by atoms with van der Waals surface area (Å²) in [5.41, 5.74) is 16.9. The van der Waals surface area contributed by atoms with Crippen LogP contribution in [0.25, 0.3) is 44.3 Å². The fraction of sp³-hybridized carbons (Fsp3) is 0.250. The van der Waals surface area contributed by atoms with E-state index in [1.807, 2.05) is 192 Å². The van der Waals surface area contributed by atoms with Gasteiger partial charge < -0.3 is 18.8 Å². The van der Waals surface area contributed by atoms with Gasteiger partial charge in [0, 0.05) is 56.2 Å².